The lowest BCUT2D eigenvalue weighted by atomic mass is 10.2. The second-order valence-electron chi connectivity index (χ2n) is 6.22. The summed E-state index contributed by atoms with van der Waals surface area (Å²) in [5, 5.41) is 2.47. The average Bonchev–Trinajstić information content (AvgIpc) is 2.66. The third-order valence-electron chi connectivity index (χ3n) is 3.58. The fourth-order valence-electron chi connectivity index (χ4n) is 2.36. The zero-order chi connectivity index (χ0) is 22.4. The second kappa shape index (κ2) is 10.2. The number of nitrogens with one attached hydrogen (secondary N) is 2. The van der Waals surface area contributed by atoms with E-state index < -0.39 is 33.9 Å². The van der Waals surface area contributed by atoms with Crippen molar-refractivity contribution in [3.8, 4) is 0 Å². The van der Waals surface area contributed by atoms with Gasteiger partial charge in [0.15, 0.2) is 0 Å². The molecule has 0 aliphatic rings. The second-order valence-corrected chi connectivity index (χ2v) is 8.89. The Morgan fingerprint density at radius 1 is 1.23 bits per heavy atom. The number of hydrogen-bond donors (Lipinski definition) is 2. The van der Waals surface area contributed by atoms with E-state index in [1.54, 1.807) is 6.92 Å². The van der Waals surface area contributed by atoms with Gasteiger partial charge in [0.1, 0.15) is 5.03 Å². The molecule has 2 N–H and O–H groups in total. The molecule has 0 aliphatic carbocycles. The lowest BCUT2D eigenvalue weighted by Gasteiger charge is -2.14. The number of rotatable bonds is 9. The van der Waals surface area contributed by atoms with Crippen molar-refractivity contribution >= 4 is 33.4 Å². The molecule has 0 saturated heterocycles. The number of pyridine rings is 1. The summed E-state index contributed by atoms with van der Waals surface area (Å²) in [6, 6.07) is 7.74. The van der Waals surface area contributed by atoms with Crippen molar-refractivity contribution in [2.45, 2.75) is 29.1 Å². The normalized spacial score (nSPS) is 13.1. The number of thioether (sulfide) groups is 1. The number of sulfonamides is 1. The smallest absolute Gasteiger partial charge is 0.383 e. The van der Waals surface area contributed by atoms with Crippen LogP contribution in [-0.2, 0) is 14.8 Å². The minimum atomic E-state index is -4.40. The third kappa shape index (κ3) is 7.27. The number of methoxy groups -OCH3 is 1. The number of ether oxygens (including phenoxy) is 1. The number of carbonyl (C=O) groups is 1. The van der Waals surface area contributed by atoms with Crippen LogP contribution in [0.2, 0.25) is 0 Å². The number of carbonyl (C=O) groups excluding carboxylic acids is 1. The molecule has 1 aromatic heterocycles. The fourth-order valence-corrected chi connectivity index (χ4v) is 4.34. The lowest BCUT2D eigenvalue weighted by molar-refractivity contribution is -0.105. The molecule has 0 spiro atoms. The molecule has 0 radical (unpaired) electrons. The monoisotopic (exact) mass is 463 g/mol. The minimum Gasteiger partial charge on any atom is -0.383 e. The van der Waals surface area contributed by atoms with Gasteiger partial charge in [-0.25, -0.2) is 18.1 Å². The van der Waals surface area contributed by atoms with Crippen molar-refractivity contribution in [3.63, 3.8) is 0 Å². The van der Waals surface area contributed by atoms with Crippen LogP contribution in [0.4, 0.5) is 18.9 Å². The zero-order valence-electron chi connectivity index (χ0n) is 16.1. The number of benzene rings is 1. The highest BCUT2D eigenvalue weighted by atomic mass is 32.2. The Bertz CT molecular complexity index is 967. The molecule has 1 aromatic carbocycles. The maximum Gasteiger partial charge on any atom is 0.398 e. The highest BCUT2D eigenvalue weighted by molar-refractivity contribution is 7.99. The van der Waals surface area contributed by atoms with Gasteiger partial charge in [-0.3, -0.25) is 4.79 Å². The molecular weight excluding hydrogens is 443 g/mol. The predicted octanol–water partition coefficient (Wildman–Crippen LogP) is 3.30. The molecule has 2 aromatic rings. The van der Waals surface area contributed by atoms with Crippen molar-refractivity contribution in [1.29, 1.82) is 0 Å². The molecule has 1 amide bonds. The number of nitrogens with zero attached hydrogens (tertiary/aromatic N) is 1. The standard InChI is InChI=1S/C18H20F3N3O4S2/c1-12(10-28-2)24-30(26,27)14-7-5-13(6-8-14)23-16(25)15-4-3-9-22-17(15)29-11-18(19,20)21/h3-9,12,24H,10-11H2,1-2H3,(H,23,25)/t12-/m1/s1. The van der Waals surface area contributed by atoms with Crippen LogP contribution in [0.1, 0.15) is 17.3 Å². The van der Waals surface area contributed by atoms with E-state index in [2.05, 4.69) is 15.0 Å². The Morgan fingerprint density at radius 2 is 1.90 bits per heavy atom. The zero-order valence-corrected chi connectivity index (χ0v) is 17.7. The van der Waals surface area contributed by atoms with E-state index in [-0.39, 0.29) is 27.8 Å². The van der Waals surface area contributed by atoms with Gasteiger partial charge in [-0.2, -0.15) is 13.2 Å². The van der Waals surface area contributed by atoms with Crippen molar-refractivity contribution in [1.82, 2.24) is 9.71 Å². The molecule has 7 nitrogen and oxygen atoms in total. The van der Waals surface area contributed by atoms with E-state index in [1.807, 2.05) is 0 Å². The van der Waals surface area contributed by atoms with Crippen molar-refractivity contribution in [3.05, 3.63) is 48.2 Å². The molecule has 2 rings (SSSR count). The predicted molar refractivity (Wildman–Crippen MR) is 107 cm³/mol. The molecular formula is C18H20F3N3O4S2. The van der Waals surface area contributed by atoms with Crippen LogP contribution in [0.3, 0.4) is 0 Å². The molecule has 0 fully saturated rings. The molecule has 0 bridgehead atoms. The first-order chi connectivity index (χ1) is 14.0. The summed E-state index contributed by atoms with van der Waals surface area (Å²) < 4.78 is 69.4. The Kier molecular flexibility index (Phi) is 8.24. The molecule has 30 heavy (non-hydrogen) atoms. The SMILES string of the molecule is COC[C@@H](C)NS(=O)(=O)c1ccc(NC(=O)c2cccnc2SCC(F)(F)F)cc1. The van der Waals surface area contributed by atoms with Gasteiger partial charge in [-0.05, 0) is 43.3 Å². The van der Waals surface area contributed by atoms with Crippen LogP contribution in [-0.4, -0.2) is 51.0 Å². The van der Waals surface area contributed by atoms with E-state index in [1.165, 1.54) is 49.7 Å². The summed E-state index contributed by atoms with van der Waals surface area (Å²) in [5.41, 5.74) is 0.262. The lowest BCUT2D eigenvalue weighted by Crippen LogP contribution is -2.35. The fraction of sp³-hybridized carbons (Fsp3) is 0.333. The van der Waals surface area contributed by atoms with Gasteiger partial charge in [-0.1, -0.05) is 11.8 Å². The van der Waals surface area contributed by atoms with Crippen LogP contribution < -0.4 is 10.0 Å². The van der Waals surface area contributed by atoms with E-state index >= 15 is 0 Å². The average molecular weight is 464 g/mol. The summed E-state index contributed by atoms with van der Waals surface area (Å²) >= 11 is 0.414. The van der Waals surface area contributed by atoms with Crippen LogP contribution in [0.15, 0.2) is 52.5 Å². The van der Waals surface area contributed by atoms with Gasteiger partial charge in [0.2, 0.25) is 10.0 Å². The summed E-state index contributed by atoms with van der Waals surface area (Å²) in [6.07, 6.45) is -3.10. The Labute approximate surface area is 176 Å². The summed E-state index contributed by atoms with van der Waals surface area (Å²) in [6.45, 7) is 1.85. The number of alkyl halides is 3. The van der Waals surface area contributed by atoms with Crippen LogP contribution in [0, 0.1) is 0 Å². The number of aromatic nitrogens is 1. The molecule has 164 valence electrons. The summed E-state index contributed by atoms with van der Waals surface area (Å²) in [7, 11) is -2.31. The highest BCUT2D eigenvalue weighted by Gasteiger charge is 2.28. The first-order valence-corrected chi connectivity index (χ1v) is 11.1. The Balaban J connectivity index is 2.10. The molecule has 0 unspecified atom stereocenters. The molecule has 1 heterocycles. The van der Waals surface area contributed by atoms with Crippen LogP contribution in [0.5, 0.6) is 0 Å². The number of amides is 1. The van der Waals surface area contributed by atoms with Gasteiger partial charge in [0, 0.05) is 25.0 Å². The van der Waals surface area contributed by atoms with Gasteiger partial charge >= 0.3 is 6.18 Å². The van der Waals surface area contributed by atoms with E-state index in [4.69, 9.17) is 4.74 Å². The van der Waals surface area contributed by atoms with Gasteiger partial charge in [0.25, 0.3) is 5.91 Å². The third-order valence-corrected chi connectivity index (χ3v) is 6.26. The topological polar surface area (TPSA) is 97.4 Å². The number of halogens is 3. The van der Waals surface area contributed by atoms with Crippen LogP contribution in [0.25, 0.3) is 0 Å². The minimum absolute atomic E-state index is 0.00810. The first kappa shape index (κ1) is 24.1. The van der Waals surface area contributed by atoms with E-state index in [0.717, 1.165) is 0 Å². The Hall–Kier alpha value is -2.15. The maximum absolute atomic E-state index is 12.5. The Morgan fingerprint density at radius 3 is 2.50 bits per heavy atom. The summed E-state index contributed by atoms with van der Waals surface area (Å²) in [5.74, 6) is -1.83. The largest absolute Gasteiger partial charge is 0.398 e. The van der Waals surface area contributed by atoms with Gasteiger partial charge in [-0.15, -0.1) is 0 Å². The molecule has 0 saturated carbocycles. The van der Waals surface area contributed by atoms with E-state index in [0.29, 0.717) is 11.8 Å². The number of hydrogen-bond acceptors (Lipinski definition) is 6. The van der Waals surface area contributed by atoms with Gasteiger partial charge < -0.3 is 10.1 Å². The van der Waals surface area contributed by atoms with Crippen molar-refractivity contribution in [2.75, 3.05) is 24.8 Å². The summed E-state index contributed by atoms with van der Waals surface area (Å²) in [4.78, 5) is 16.3. The van der Waals surface area contributed by atoms with Gasteiger partial charge in [0.05, 0.1) is 22.8 Å². The van der Waals surface area contributed by atoms with E-state index in [9.17, 15) is 26.4 Å². The molecule has 0 aliphatic heterocycles. The van der Waals surface area contributed by atoms with Crippen molar-refractivity contribution < 1.29 is 31.1 Å². The molecule has 1 atom stereocenters. The molecule has 12 heteroatoms. The maximum atomic E-state index is 12.5. The first-order valence-electron chi connectivity index (χ1n) is 8.59. The van der Waals surface area contributed by atoms with Crippen LogP contribution >= 0.6 is 11.8 Å². The highest BCUT2D eigenvalue weighted by Crippen LogP contribution is 2.28. The number of anilines is 1. The quantitative estimate of drug-likeness (QED) is 0.554. The van der Waals surface area contributed by atoms with Crippen molar-refractivity contribution in [2.24, 2.45) is 0 Å².